The summed E-state index contributed by atoms with van der Waals surface area (Å²) in [6, 6.07) is 3.73. The van der Waals surface area contributed by atoms with E-state index in [1.807, 2.05) is 17.7 Å². The number of imidazole rings is 1. The van der Waals surface area contributed by atoms with Gasteiger partial charge < -0.3 is 15.0 Å². The topological polar surface area (TPSA) is 70.1 Å². The molecule has 5 nitrogen and oxygen atoms in total. The molecule has 6 heteroatoms. The number of ether oxygens (including phenoxy) is 1. The van der Waals surface area contributed by atoms with E-state index in [2.05, 4.69) is 9.72 Å². The number of carbonyl (C=O) groups excluding carboxylic acids is 1. The molecule has 0 spiro atoms. The van der Waals surface area contributed by atoms with Gasteiger partial charge in [-0.15, -0.1) is 0 Å². The predicted octanol–water partition coefficient (Wildman–Crippen LogP) is 2.75. The van der Waals surface area contributed by atoms with Gasteiger partial charge in [0.15, 0.2) is 0 Å². The molecule has 0 saturated heterocycles. The zero-order valence-electron chi connectivity index (χ0n) is 12.6. The first kappa shape index (κ1) is 15.1. The number of hydrogen-bond acceptors (Lipinski definition) is 4. The normalized spacial score (nSPS) is 16.9. The molecule has 3 rings (SSSR count). The second-order valence-corrected chi connectivity index (χ2v) is 6.14. The first-order valence-corrected chi connectivity index (χ1v) is 7.54. The van der Waals surface area contributed by atoms with Crippen LogP contribution in [-0.2, 0) is 22.1 Å². The van der Waals surface area contributed by atoms with Crippen LogP contribution in [0.1, 0.15) is 30.7 Å². The molecule has 1 heterocycles. The maximum Gasteiger partial charge on any atom is 0.330 e. The van der Waals surface area contributed by atoms with Crippen LogP contribution in [0.2, 0.25) is 5.02 Å². The molecule has 116 valence electrons. The molecule has 2 aromatic rings. The van der Waals surface area contributed by atoms with Gasteiger partial charge in [-0.2, -0.15) is 0 Å². The molecule has 1 fully saturated rings. The van der Waals surface area contributed by atoms with Gasteiger partial charge in [0.1, 0.15) is 11.3 Å². The van der Waals surface area contributed by atoms with Crippen molar-refractivity contribution >= 4 is 34.7 Å². The quantitative estimate of drug-likeness (QED) is 0.697. The monoisotopic (exact) mass is 319 g/mol. The Morgan fingerprint density at radius 2 is 2.23 bits per heavy atom. The van der Waals surface area contributed by atoms with Crippen molar-refractivity contribution in [3.8, 4) is 0 Å². The van der Waals surface area contributed by atoms with Gasteiger partial charge >= 0.3 is 5.97 Å². The lowest BCUT2D eigenvalue weighted by atomic mass is 9.77. The molecule has 0 aliphatic heterocycles. The highest BCUT2D eigenvalue weighted by atomic mass is 35.5. The van der Waals surface area contributed by atoms with Gasteiger partial charge in [0.2, 0.25) is 0 Å². The van der Waals surface area contributed by atoms with Crippen molar-refractivity contribution in [3.63, 3.8) is 0 Å². The summed E-state index contributed by atoms with van der Waals surface area (Å²) in [7, 11) is 3.29. The van der Waals surface area contributed by atoms with E-state index in [0.29, 0.717) is 5.02 Å². The molecule has 2 N–H and O–H groups in total. The minimum Gasteiger partial charge on any atom is -0.466 e. The Hall–Kier alpha value is -1.85. The van der Waals surface area contributed by atoms with Crippen LogP contribution in [0, 0.1) is 0 Å². The zero-order valence-corrected chi connectivity index (χ0v) is 13.4. The largest absolute Gasteiger partial charge is 0.466 e. The average Bonchev–Trinajstić information content (AvgIpc) is 2.80. The van der Waals surface area contributed by atoms with Crippen LogP contribution in [0.4, 0.5) is 0 Å². The number of nitrogens with zero attached hydrogens (tertiary/aromatic N) is 2. The Morgan fingerprint density at radius 3 is 2.82 bits per heavy atom. The third-order valence-electron chi connectivity index (χ3n) is 4.27. The van der Waals surface area contributed by atoms with Crippen LogP contribution in [0.25, 0.3) is 17.1 Å². The maximum absolute atomic E-state index is 11.2. The third kappa shape index (κ3) is 2.40. The van der Waals surface area contributed by atoms with E-state index in [1.165, 1.54) is 13.2 Å². The number of benzene rings is 1. The fraction of sp³-hybridized carbons (Fsp3) is 0.375. The molecule has 0 amide bonds. The number of hydrogen-bond donors (Lipinski definition) is 1. The molecule has 0 radical (unpaired) electrons. The SMILES string of the molecule is COC(=O)/C=C/c1cc(Cl)c2nc(C3(N)CCC3)n(C)c2c1. The smallest absolute Gasteiger partial charge is 0.330 e. The van der Waals surface area contributed by atoms with Crippen molar-refractivity contribution in [3.05, 3.63) is 34.6 Å². The number of aryl methyl sites for hydroxylation is 1. The summed E-state index contributed by atoms with van der Waals surface area (Å²) in [4.78, 5) is 15.9. The van der Waals surface area contributed by atoms with Crippen LogP contribution >= 0.6 is 11.6 Å². The number of halogens is 1. The van der Waals surface area contributed by atoms with Crippen LogP contribution in [0.3, 0.4) is 0 Å². The van der Waals surface area contributed by atoms with E-state index in [4.69, 9.17) is 17.3 Å². The Bertz CT molecular complexity index is 775. The van der Waals surface area contributed by atoms with Gasteiger partial charge in [0.25, 0.3) is 0 Å². The zero-order chi connectivity index (χ0) is 15.9. The fourth-order valence-electron chi connectivity index (χ4n) is 2.82. The number of aromatic nitrogens is 2. The van der Waals surface area contributed by atoms with E-state index in [9.17, 15) is 4.79 Å². The number of rotatable bonds is 3. The first-order chi connectivity index (χ1) is 10.4. The third-order valence-corrected chi connectivity index (χ3v) is 4.55. The second kappa shape index (κ2) is 5.41. The molecule has 1 saturated carbocycles. The van der Waals surface area contributed by atoms with Crippen molar-refractivity contribution in [2.45, 2.75) is 24.8 Å². The number of carbonyl (C=O) groups is 1. The standard InChI is InChI=1S/C16H18ClN3O2/c1-20-12-9-10(4-5-13(21)22-2)8-11(17)14(12)19-15(20)16(18)6-3-7-16/h4-5,8-9H,3,6-7,18H2,1-2H3/b5-4+. The summed E-state index contributed by atoms with van der Waals surface area (Å²) >= 11 is 6.34. The van der Waals surface area contributed by atoms with E-state index in [-0.39, 0.29) is 5.54 Å². The summed E-state index contributed by atoms with van der Waals surface area (Å²) in [6.45, 7) is 0. The summed E-state index contributed by atoms with van der Waals surface area (Å²) < 4.78 is 6.59. The lowest BCUT2D eigenvalue weighted by Gasteiger charge is -2.37. The molecular formula is C16H18ClN3O2. The molecular weight excluding hydrogens is 302 g/mol. The minimum atomic E-state index is -0.405. The van der Waals surface area contributed by atoms with E-state index >= 15 is 0 Å². The Kier molecular flexibility index (Phi) is 3.70. The Morgan fingerprint density at radius 1 is 1.50 bits per heavy atom. The highest BCUT2D eigenvalue weighted by molar-refractivity contribution is 6.35. The molecule has 1 aromatic heterocycles. The molecule has 22 heavy (non-hydrogen) atoms. The molecule has 0 bridgehead atoms. The van der Waals surface area contributed by atoms with E-state index in [1.54, 1.807) is 12.1 Å². The summed E-state index contributed by atoms with van der Waals surface area (Å²) in [5.41, 5.74) is 8.51. The van der Waals surface area contributed by atoms with Crippen molar-refractivity contribution in [1.82, 2.24) is 9.55 Å². The summed E-state index contributed by atoms with van der Waals surface area (Å²) in [5.74, 6) is 0.460. The molecule has 1 aliphatic carbocycles. The minimum absolute atomic E-state index is 0.348. The maximum atomic E-state index is 11.2. The van der Waals surface area contributed by atoms with Crippen molar-refractivity contribution in [2.24, 2.45) is 12.8 Å². The molecule has 0 atom stereocenters. The van der Waals surface area contributed by atoms with Gasteiger partial charge in [-0.3, -0.25) is 0 Å². The van der Waals surface area contributed by atoms with Crippen LogP contribution in [0.5, 0.6) is 0 Å². The first-order valence-electron chi connectivity index (χ1n) is 7.16. The lowest BCUT2D eigenvalue weighted by molar-refractivity contribution is -0.134. The summed E-state index contributed by atoms with van der Waals surface area (Å²) in [6.07, 6.45) is 6.05. The lowest BCUT2D eigenvalue weighted by Crippen LogP contribution is -2.45. The summed E-state index contributed by atoms with van der Waals surface area (Å²) in [5, 5.41) is 0.548. The number of nitrogens with two attached hydrogens (primary N) is 1. The van der Waals surface area contributed by atoms with Crippen molar-refractivity contribution < 1.29 is 9.53 Å². The highest BCUT2D eigenvalue weighted by Crippen LogP contribution is 2.40. The van der Waals surface area contributed by atoms with Crippen molar-refractivity contribution in [1.29, 1.82) is 0 Å². The number of esters is 1. The van der Waals surface area contributed by atoms with Crippen LogP contribution in [0.15, 0.2) is 18.2 Å². The van der Waals surface area contributed by atoms with Crippen LogP contribution < -0.4 is 5.73 Å². The Labute approximate surface area is 133 Å². The van der Waals surface area contributed by atoms with E-state index < -0.39 is 5.97 Å². The second-order valence-electron chi connectivity index (χ2n) is 5.73. The van der Waals surface area contributed by atoms with Gasteiger partial charge in [-0.25, -0.2) is 9.78 Å². The van der Waals surface area contributed by atoms with Gasteiger partial charge in [0.05, 0.1) is 23.2 Å². The fourth-order valence-corrected chi connectivity index (χ4v) is 3.09. The average molecular weight is 320 g/mol. The van der Waals surface area contributed by atoms with Gasteiger partial charge in [-0.1, -0.05) is 11.6 Å². The van der Waals surface area contributed by atoms with Gasteiger partial charge in [-0.05, 0) is 43.0 Å². The predicted molar refractivity (Wildman–Crippen MR) is 86.5 cm³/mol. The highest BCUT2D eigenvalue weighted by Gasteiger charge is 2.38. The number of methoxy groups -OCH3 is 1. The Balaban J connectivity index is 2.08. The molecule has 1 aromatic carbocycles. The van der Waals surface area contributed by atoms with Crippen LogP contribution in [-0.4, -0.2) is 22.6 Å². The molecule has 0 unspecified atom stereocenters. The van der Waals surface area contributed by atoms with E-state index in [0.717, 1.165) is 41.7 Å². The number of fused-ring (bicyclic) bond motifs is 1. The van der Waals surface area contributed by atoms with Gasteiger partial charge in [0, 0.05) is 13.1 Å². The molecule has 1 aliphatic rings. The van der Waals surface area contributed by atoms with Crippen molar-refractivity contribution in [2.75, 3.05) is 7.11 Å².